The lowest BCUT2D eigenvalue weighted by atomic mass is 9.85. The molecule has 0 aliphatic carbocycles. The third-order valence-electron chi connectivity index (χ3n) is 4.91. The second-order valence-electron chi connectivity index (χ2n) is 7.56. The van der Waals surface area contributed by atoms with Crippen LogP contribution in [0.5, 0.6) is 0 Å². The van der Waals surface area contributed by atoms with Crippen molar-refractivity contribution in [2.24, 2.45) is 11.1 Å². The lowest BCUT2D eigenvalue weighted by molar-refractivity contribution is -0.134. The summed E-state index contributed by atoms with van der Waals surface area (Å²) in [4.78, 5) is 17.1. The summed E-state index contributed by atoms with van der Waals surface area (Å²) in [6.45, 7) is 10.6. The van der Waals surface area contributed by atoms with E-state index in [9.17, 15) is 4.79 Å². The molecule has 0 aromatic heterocycles. The van der Waals surface area contributed by atoms with Crippen LogP contribution in [0.3, 0.4) is 0 Å². The number of hydrogen-bond donors (Lipinski definition) is 1. The van der Waals surface area contributed by atoms with Gasteiger partial charge in [-0.2, -0.15) is 0 Å². The molecule has 0 radical (unpaired) electrons. The van der Waals surface area contributed by atoms with Gasteiger partial charge in [-0.25, -0.2) is 0 Å². The molecule has 0 aromatic rings. The lowest BCUT2D eigenvalue weighted by Crippen LogP contribution is -2.50. The number of nitrogens with zero attached hydrogens (tertiary/aromatic N) is 2. The fourth-order valence-corrected chi connectivity index (χ4v) is 3.21. The van der Waals surface area contributed by atoms with E-state index < -0.39 is 0 Å². The monoisotopic (exact) mass is 281 g/mol. The number of amides is 1. The summed E-state index contributed by atoms with van der Waals surface area (Å²) in [5.74, 6) is 0.247. The van der Waals surface area contributed by atoms with Crippen LogP contribution >= 0.6 is 0 Å². The van der Waals surface area contributed by atoms with Crippen LogP contribution in [0.2, 0.25) is 0 Å². The number of piperidine rings is 1. The summed E-state index contributed by atoms with van der Waals surface area (Å²) in [7, 11) is 0. The van der Waals surface area contributed by atoms with Crippen LogP contribution in [0.15, 0.2) is 0 Å². The van der Waals surface area contributed by atoms with Crippen LogP contribution in [0.1, 0.15) is 52.9 Å². The number of carbonyl (C=O) groups excluding carboxylic acids is 1. The first-order chi connectivity index (χ1) is 9.38. The van der Waals surface area contributed by atoms with Crippen molar-refractivity contribution in [3.8, 4) is 0 Å². The Morgan fingerprint density at radius 2 is 1.85 bits per heavy atom. The summed E-state index contributed by atoms with van der Waals surface area (Å²) in [5, 5.41) is 0. The summed E-state index contributed by atoms with van der Waals surface area (Å²) in [6.07, 6.45) is 5.50. The van der Waals surface area contributed by atoms with E-state index in [1.165, 1.54) is 32.4 Å². The standard InChI is InChI=1S/C16H31N3O/c1-16(2,3)14(17)11-15(20)19-10-6-7-13(12-19)18-8-4-5-9-18/h13-14H,4-12,17H2,1-3H3. The van der Waals surface area contributed by atoms with E-state index in [1.807, 2.05) is 0 Å². The Balaban J connectivity index is 1.86. The first kappa shape index (κ1) is 15.8. The molecule has 20 heavy (non-hydrogen) atoms. The molecule has 2 saturated heterocycles. The minimum absolute atomic E-state index is 0.000198. The van der Waals surface area contributed by atoms with Crippen molar-refractivity contribution >= 4 is 5.91 Å². The molecule has 0 bridgehead atoms. The fourth-order valence-electron chi connectivity index (χ4n) is 3.21. The highest BCUT2D eigenvalue weighted by atomic mass is 16.2. The molecular weight excluding hydrogens is 250 g/mol. The van der Waals surface area contributed by atoms with E-state index in [4.69, 9.17) is 5.73 Å². The summed E-state index contributed by atoms with van der Waals surface area (Å²) < 4.78 is 0. The lowest BCUT2D eigenvalue weighted by Gasteiger charge is -2.38. The topological polar surface area (TPSA) is 49.6 Å². The van der Waals surface area contributed by atoms with Crippen molar-refractivity contribution in [3.63, 3.8) is 0 Å². The number of rotatable bonds is 3. The zero-order valence-electron chi connectivity index (χ0n) is 13.4. The number of hydrogen-bond acceptors (Lipinski definition) is 3. The van der Waals surface area contributed by atoms with Gasteiger partial charge in [-0.15, -0.1) is 0 Å². The van der Waals surface area contributed by atoms with Crippen LogP contribution in [0, 0.1) is 5.41 Å². The first-order valence-corrected chi connectivity index (χ1v) is 8.15. The van der Waals surface area contributed by atoms with E-state index in [0.717, 1.165) is 19.5 Å². The van der Waals surface area contributed by atoms with Gasteiger partial charge in [-0.1, -0.05) is 20.8 Å². The zero-order valence-corrected chi connectivity index (χ0v) is 13.4. The van der Waals surface area contributed by atoms with Gasteiger partial charge in [0.25, 0.3) is 0 Å². The summed E-state index contributed by atoms with van der Waals surface area (Å²) >= 11 is 0. The maximum Gasteiger partial charge on any atom is 0.224 e. The highest BCUT2D eigenvalue weighted by Crippen LogP contribution is 2.23. The van der Waals surface area contributed by atoms with Crippen LogP contribution in [0.4, 0.5) is 0 Å². The molecule has 2 unspecified atom stereocenters. The summed E-state index contributed by atoms with van der Waals surface area (Å²) in [6, 6.07) is 0.531. The van der Waals surface area contributed by atoms with Crippen LogP contribution in [0.25, 0.3) is 0 Å². The van der Waals surface area contributed by atoms with Crippen molar-refractivity contribution in [2.45, 2.75) is 65.0 Å². The molecule has 1 amide bonds. The van der Waals surface area contributed by atoms with E-state index in [1.54, 1.807) is 0 Å². The molecule has 4 nitrogen and oxygen atoms in total. The Morgan fingerprint density at radius 3 is 2.45 bits per heavy atom. The molecule has 116 valence electrons. The highest BCUT2D eigenvalue weighted by molar-refractivity contribution is 5.77. The van der Waals surface area contributed by atoms with Gasteiger partial charge in [0.1, 0.15) is 0 Å². The molecule has 4 heteroatoms. The van der Waals surface area contributed by atoms with E-state index in [0.29, 0.717) is 12.5 Å². The van der Waals surface area contributed by atoms with Gasteiger partial charge in [0.15, 0.2) is 0 Å². The number of carbonyl (C=O) groups is 1. The Morgan fingerprint density at radius 1 is 1.20 bits per heavy atom. The fraction of sp³-hybridized carbons (Fsp3) is 0.938. The molecule has 2 rings (SSSR count). The van der Waals surface area contributed by atoms with Gasteiger partial charge in [0.2, 0.25) is 5.91 Å². The predicted molar refractivity (Wildman–Crippen MR) is 82.5 cm³/mol. The molecule has 2 heterocycles. The van der Waals surface area contributed by atoms with Crippen LogP contribution < -0.4 is 5.73 Å². The highest BCUT2D eigenvalue weighted by Gasteiger charge is 2.31. The smallest absolute Gasteiger partial charge is 0.224 e. The van der Waals surface area contributed by atoms with Crippen LogP contribution in [-0.4, -0.2) is 54.0 Å². The van der Waals surface area contributed by atoms with Crippen molar-refractivity contribution < 1.29 is 4.79 Å². The SMILES string of the molecule is CC(C)(C)C(N)CC(=O)N1CCCC(N2CCCC2)C1. The van der Waals surface area contributed by atoms with Gasteiger partial charge in [-0.05, 0) is 44.2 Å². The molecule has 0 spiro atoms. The van der Waals surface area contributed by atoms with E-state index in [-0.39, 0.29) is 17.4 Å². The minimum atomic E-state index is -0.0536. The molecule has 2 aliphatic heterocycles. The second kappa shape index (κ2) is 6.44. The maximum absolute atomic E-state index is 12.4. The third kappa shape index (κ3) is 3.95. The zero-order chi connectivity index (χ0) is 14.8. The van der Waals surface area contributed by atoms with Crippen molar-refractivity contribution in [1.29, 1.82) is 0 Å². The maximum atomic E-state index is 12.4. The van der Waals surface area contributed by atoms with Gasteiger partial charge in [-0.3, -0.25) is 9.69 Å². The quantitative estimate of drug-likeness (QED) is 0.858. The van der Waals surface area contributed by atoms with Gasteiger partial charge >= 0.3 is 0 Å². The normalized spacial score (nSPS) is 26.8. The second-order valence-corrected chi connectivity index (χ2v) is 7.56. The van der Waals surface area contributed by atoms with Crippen molar-refractivity contribution in [2.75, 3.05) is 26.2 Å². The third-order valence-corrected chi connectivity index (χ3v) is 4.91. The van der Waals surface area contributed by atoms with Gasteiger partial charge < -0.3 is 10.6 Å². The average molecular weight is 281 g/mol. The van der Waals surface area contributed by atoms with Crippen molar-refractivity contribution in [1.82, 2.24) is 9.80 Å². The van der Waals surface area contributed by atoms with Gasteiger partial charge in [0, 0.05) is 31.6 Å². The van der Waals surface area contributed by atoms with Crippen LogP contribution in [-0.2, 0) is 4.79 Å². The molecule has 2 aliphatic rings. The Kier molecular flexibility index (Phi) is 5.08. The minimum Gasteiger partial charge on any atom is -0.341 e. The van der Waals surface area contributed by atoms with Crippen molar-refractivity contribution in [3.05, 3.63) is 0 Å². The van der Waals surface area contributed by atoms with E-state index >= 15 is 0 Å². The molecule has 2 fully saturated rings. The van der Waals surface area contributed by atoms with Gasteiger partial charge in [0.05, 0.1) is 0 Å². The average Bonchev–Trinajstić information content (AvgIpc) is 2.91. The molecular formula is C16H31N3O. The summed E-state index contributed by atoms with van der Waals surface area (Å²) in [5.41, 5.74) is 6.16. The first-order valence-electron chi connectivity index (χ1n) is 8.15. The largest absolute Gasteiger partial charge is 0.341 e. The van der Waals surface area contributed by atoms with E-state index in [2.05, 4.69) is 30.6 Å². The number of nitrogens with two attached hydrogens (primary N) is 1. The molecule has 0 aromatic carbocycles. The Hall–Kier alpha value is -0.610. The Bertz CT molecular complexity index is 331. The number of likely N-dealkylation sites (tertiary alicyclic amines) is 2. The predicted octanol–water partition coefficient (Wildman–Crippen LogP) is 1.84. The molecule has 2 atom stereocenters. The molecule has 0 saturated carbocycles. The Labute approximate surface area is 123 Å². The molecule has 2 N–H and O–H groups in total.